The minimum absolute atomic E-state index is 0.0458. The summed E-state index contributed by atoms with van der Waals surface area (Å²) in [7, 11) is 3.09. The highest BCUT2D eigenvalue weighted by molar-refractivity contribution is 6.03. The van der Waals surface area contributed by atoms with Crippen LogP contribution in [-0.4, -0.2) is 41.7 Å². The van der Waals surface area contributed by atoms with Gasteiger partial charge in [-0.2, -0.15) is 5.10 Å². The van der Waals surface area contributed by atoms with E-state index in [1.54, 1.807) is 56.8 Å². The van der Waals surface area contributed by atoms with Crippen LogP contribution in [-0.2, 0) is 14.4 Å². The van der Waals surface area contributed by atoms with Crippen LogP contribution in [0.25, 0.3) is 11.1 Å². The number of amides is 3. The van der Waals surface area contributed by atoms with Crippen LogP contribution in [0.5, 0.6) is 11.5 Å². The number of hydrogen-bond acceptors (Lipinski definition) is 6. The van der Waals surface area contributed by atoms with Crippen molar-refractivity contribution in [2.45, 2.75) is 19.4 Å². The second-order valence-electron chi connectivity index (χ2n) is 7.44. The van der Waals surface area contributed by atoms with E-state index in [1.165, 1.54) is 11.6 Å². The topological polar surface area (TPSA) is 124 Å². The summed E-state index contributed by atoms with van der Waals surface area (Å²) in [6, 6.07) is 11.2. The Bertz CT molecular complexity index is 1220. The number of nitrogens with one attached hydrogen (secondary N) is 3. The smallest absolute Gasteiger partial charge is 0.249 e. The van der Waals surface area contributed by atoms with Gasteiger partial charge in [0.2, 0.25) is 17.7 Å². The quantitative estimate of drug-likeness (QED) is 0.531. The summed E-state index contributed by atoms with van der Waals surface area (Å²) < 4.78 is 12.2. The Kier molecular flexibility index (Phi) is 5.99. The fourth-order valence-electron chi connectivity index (χ4n) is 3.65. The second kappa shape index (κ2) is 9.03. The lowest BCUT2D eigenvalue weighted by atomic mass is 10.1. The number of nitrogens with zero attached hydrogens (tertiary/aromatic N) is 2. The van der Waals surface area contributed by atoms with E-state index in [0.717, 1.165) is 5.56 Å². The van der Waals surface area contributed by atoms with Gasteiger partial charge in [0, 0.05) is 23.9 Å². The van der Waals surface area contributed by atoms with Crippen LogP contribution in [0.1, 0.15) is 19.4 Å². The number of methoxy groups -OCH3 is 2. The van der Waals surface area contributed by atoms with Gasteiger partial charge in [-0.1, -0.05) is 6.07 Å². The molecule has 1 atom stereocenters. The van der Waals surface area contributed by atoms with Gasteiger partial charge in [0.25, 0.3) is 0 Å². The number of benzene rings is 2. The van der Waals surface area contributed by atoms with Crippen LogP contribution in [0, 0.1) is 0 Å². The number of anilines is 3. The molecule has 2 aromatic carbocycles. The van der Waals surface area contributed by atoms with Crippen molar-refractivity contribution in [2.24, 2.45) is 0 Å². The summed E-state index contributed by atoms with van der Waals surface area (Å²) in [6.45, 7) is 1.42. The predicted molar refractivity (Wildman–Crippen MR) is 122 cm³/mol. The first-order chi connectivity index (χ1) is 15.9. The summed E-state index contributed by atoms with van der Waals surface area (Å²) in [4.78, 5) is 36.6. The molecular formula is C23H23N5O5. The average molecular weight is 449 g/mol. The summed E-state index contributed by atoms with van der Waals surface area (Å²) in [5.74, 6) is 0.699. The van der Waals surface area contributed by atoms with E-state index in [9.17, 15) is 14.4 Å². The summed E-state index contributed by atoms with van der Waals surface area (Å²) in [5.41, 5.74) is 2.56. The Hall–Kier alpha value is -4.34. The molecule has 2 heterocycles. The van der Waals surface area contributed by atoms with Crippen LogP contribution >= 0.6 is 0 Å². The van der Waals surface area contributed by atoms with Gasteiger partial charge in [0.15, 0.2) is 11.5 Å². The van der Waals surface area contributed by atoms with Gasteiger partial charge < -0.3 is 25.4 Å². The Morgan fingerprint density at radius 2 is 1.70 bits per heavy atom. The molecule has 0 saturated carbocycles. The number of carbonyl (C=O) groups excluding carboxylic acids is 3. The number of fused-ring (bicyclic) bond motifs is 1. The van der Waals surface area contributed by atoms with Crippen molar-refractivity contribution in [2.75, 3.05) is 30.2 Å². The Labute approximate surface area is 189 Å². The molecule has 0 spiro atoms. The third-order valence-corrected chi connectivity index (χ3v) is 5.20. The first kappa shape index (κ1) is 21.9. The van der Waals surface area contributed by atoms with Gasteiger partial charge in [-0.15, -0.1) is 0 Å². The molecule has 0 unspecified atom stereocenters. The Morgan fingerprint density at radius 1 is 1.03 bits per heavy atom. The maximum absolute atomic E-state index is 13.0. The number of carbonyl (C=O) groups is 3. The molecule has 0 aliphatic carbocycles. The van der Waals surface area contributed by atoms with Crippen LogP contribution in [0.4, 0.5) is 17.2 Å². The molecular weight excluding hydrogens is 426 g/mol. The standard InChI is InChI=1S/C23H23N5O5/c1-13(29)25-15-5-7-16(8-6-15)26-23(31)18-11-21(30)27-22-17(12-24-28(18)22)14-4-9-19(32-2)20(10-14)33-3/h4-10,12,18H,11H2,1-3H3,(H,25,29)(H,26,31)(H,27,30)/t18-/m1/s1. The van der Waals surface area contributed by atoms with Crippen molar-refractivity contribution in [3.63, 3.8) is 0 Å². The third-order valence-electron chi connectivity index (χ3n) is 5.20. The molecule has 170 valence electrons. The van der Waals surface area contributed by atoms with Crippen LogP contribution in [0.3, 0.4) is 0 Å². The molecule has 0 saturated heterocycles. The third kappa shape index (κ3) is 4.49. The molecule has 0 radical (unpaired) electrons. The van der Waals surface area contributed by atoms with Crippen molar-refractivity contribution in [1.82, 2.24) is 9.78 Å². The first-order valence-electron chi connectivity index (χ1n) is 10.2. The number of hydrogen-bond donors (Lipinski definition) is 3. The highest BCUT2D eigenvalue weighted by Crippen LogP contribution is 2.38. The van der Waals surface area contributed by atoms with E-state index in [2.05, 4.69) is 21.0 Å². The van der Waals surface area contributed by atoms with Crippen LogP contribution in [0.15, 0.2) is 48.7 Å². The number of rotatable bonds is 6. The molecule has 1 aromatic heterocycles. The van der Waals surface area contributed by atoms with Gasteiger partial charge >= 0.3 is 0 Å². The molecule has 4 rings (SSSR count). The molecule has 3 aromatic rings. The van der Waals surface area contributed by atoms with E-state index in [4.69, 9.17) is 9.47 Å². The summed E-state index contributed by atoms with van der Waals surface area (Å²) in [6.07, 6.45) is 1.56. The van der Waals surface area contributed by atoms with Crippen molar-refractivity contribution < 1.29 is 23.9 Å². The largest absolute Gasteiger partial charge is 0.493 e. The molecule has 10 nitrogen and oxygen atoms in total. The lowest BCUT2D eigenvalue weighted by molar-refractivity contribution is -0.125. The lowest BCUT2D eigenvalue weighted by Gasteiger charge is -2.24. The minimum atomic E-state index is -0.822. The van der Waals surface area contributed by atoms with E-state index >= 15 is 0 Å². The van der Waals surface area contributed by atoms with Gasteiger partial charge in [-0.25, -0.2) is 4.68 Å². The van der Waals surface area contributed by atoms with Crippen LogP contribution < -0.4 is 25.4 Å². The molecule has 0 bridgehead atoms. The maximum Gasteiger partial charge on any atom is 0.249 e. The SMILES string of the molecule is COc1ccc(-c2cnn3c2NC(=O)C[C@@H]3C(=O)Nc2ccc(NC(C)=O)cc2)cc1OC. The van der Waals surface area contributed by atoms with Gasteiger partial charge in [-0.3, -0.25) is 14.4 Å². The molecule has 1 aliphatic heterocycles. The monoisotopic (exact) mass is 449 g/mol. The number of ether oxygens (including phenoxy) is 2. The minimum Gasteiger partial charge on any atom is -0.493 e. The highest BCUT2D eigenvalue weighted by atomic mass is 16.5. The fourth-order valence-corrected chi connectivity index (χ4v) is 3.65. The van der Waals surface area contributed by atoms with Gasteiger partial charge in [0.1, 0.15) is 11.9 Å². The lowest BCUT2D eigenvalue weighted by Crippen LogP contribution is -2.35. The van der Waals surface area contributed by atoms with E-state index < -0.39 is 6.04 Å². The average Bonchev–Trinajstić information content (AvgIpc) is 3.22. The molecule has 0 fully saturated rings. The zero-order chi connectivity index (χ0) is 23.5. The predicted octanol–water partition coefficient (Wildman–Crippen LogP) is 3.05. The first-order valence-corrected chi connectivity index (χ1v) is 10.2. The molecule has 1 aliphatic rings. The molecule has 33 heavy (non-hydrogen) atoms. The number of aromatic nitrogens is 2. The molecule has 3 N–H and O–H groups in total. The van der Waals surface area contributed by atoms with Crippen molar-refractivity contribution >= 4 is 34.9 Å². The zero-order valence-electron chi connectivity index (χ0n) is 18.3. The van der Waals surface area contributed by atoms with Gasteiger partial charge in [0.05, 0.1) is 26.8 Å². The van der Waals surface area contributed by atoms with Crippen molar-refractivity contribution in [3.05, 3.63) is 48.7 Å². The zero-order valence-corrected chi connectivity index (χ0v) is 18.3. The second-order valence-corrected chi connectivity index (χ2v) is 7.44. The summed E-state index contributed by atoms with van der Waals surface area (Å²) >= 11 is 0. The van der Waals surface area contributed by atoms with Crippen molar-refractivity contribution in [1.29, 1.82) is 0 Å². The van der Waals surface area contributed by atoms with Gasteiger partial charge in [-0.05, 0) is 42.0 Å². The highest BCUT2D eigenvalue weighted by Gasteiger charge is 2.33. The van der Waals surface area contributed by atoms with Crippen molar-refractivity contribution in [3.8, 4) is 22.6 Å². The Balaban J connectivity index is 1.59. The maximum atomic E-state index is 13.0. The fraction of sp³-hybridized carbons (Fsp3) is 0.217. The molecule has 3 amide bonds. The Morgan fingerprint density at radius 3 is 2.33 bits per heavy atom. The van der Waals surface area contributed by atoms with E-state index in [-0.39, 0.29) is 24.1 Å². The molecule has 10 heteroatoms. The van der Waals surface area contributed by atoms with Crippen LogP contribution in [0.2, 0.25) is 0 Å². The summed E-state index contributed by atoms with van der Waals surface area (Å²) in [5, 5.41) is 12.7. The van der Waals surface area contributed by atoms with E-state index in [0.29, 0.717) is 34.3 Å². The van der Waals surface area contributed by atoms with E-state index in [1.807, 2.05) is 6.07 Å². The normalized spacial score (nSPS) is 14.6.